The minimum atomic E-state index is -0.685. The quantitative estimate of drug-likeness (QED) is 0.806. The fraction of sp³-hybridized carbons (Fsp3) is 0.167. The van der Waals surface area contributed by atoms with Gasteiger partial charge in [-0.15, -0.1) is 0 Å². The lowest BCUT2D eigenvalue weighted by molar-refractivity contribution is -0.115. The first-order chi connectivity index (χ1) is 12.3. The molecule has 0 heterocycles. The van der Waals surface area contributed by atoms with Crippen LogP contribution in [-0.4, -0.2) is 32.1 Å². The highest BCUT2D eigenvalue weighted by molar-refractivity contribution is 6.30. The Hall–Kier alpha value is -2.93. The Balaban J connectivity index is 2.25. The molecule has 0 atom stereocenters. The molecule has 0 spiro atoms. The van der Waals surface area contributed by atoms with Crippen molar-refractivity contribution < 1.29 is 28.2 Å². The molecular weight excluding hydrogens is 365 g/mol. The molecule has 6 nitrogen and oxygen atoms in total. The predicted octanol–water partition coefficient (Wildman–Crippen LogP) is 3.23. The maximum Gasteiger partial charge on any atom is 0.337 e. The number of carbonyl (C=O) groups excluding carboxylic acids is 3. The molecule has 26 heavy (non-hydrogen) atoms. The van der Waals surface area contributed by atoms with E-state index in [4.69, 9.17) is 11.6 Å². The summed E-state index contributed by atoms with van der Waals surface area (Å²) in [5, 5.41) is 2.74. The highest BCUT2D eigenvalue weighted by atomic mass is 35.5. The van der Waals surface area contributed by atoms with Gasteiger partial charge in [0.15, 0.2) is 0 Å². The molecule has 0 radical (unpaired) electrons. The number of nitrogens with one attached hydrogen (secondary N) is 1. The number of ether oxygens (including phenoxy) is 2. The van der Waals surface area contributed by atoms with E-state index in [1.165, 1.54) is 44.6 Å². The summed E-state index contributed by atoms with van der Waals surface area (Å²) in [6.45, 7) is 0. The van der Waals surface area contributed by atoms with Crippen LogP contribution in [0.5, 0.6) is 0 Å². The summed E-state index contributed by atoms with van der Waals surface area (Å²) in [4.78, 5) is 35.6. The van der Waals surface area contributed by atoms with E-state index in [2.05, 4.69) is 14.8 Å². The molecule has 0 unspecified atom stereocenters. The molecule has 0 bridgehead atoms. The number of amides is 1. The van der Waals surface area contributed by atoms with Gasteiger partial charge in [0.1, 0.15) is 5.82 Å². The predicted molar refractivity (Wildman–Crippen MR) is 92.9 cm³/mol. The maximum absolute atomic E-state index is 13.8. The van der Waals surface area contributed by atoms with E-state index in [1.807, 2.05) is 0 Å². The van der Waals surface area contributed by atoms with Crippen molar-refractivity contribution in [3.05, 3.63) is 63.9 Å². The number of hydrogen-bond acceptors (Lipinski definition) is 5. The maximum atomic E-state index is 13.8. The van der Waals surface area contributed by atoms with Crippen LogP contribution in [-0.2, 0) is 20.7 Å². The largest absolute Gasteiger partial charge is 0.465 e. The third-order valence-corrected chi connectivity index (χ3v) is 3.66. The third kappa shape index (κ3) is 4.80. The second-order valence-corrected chi connectivity index (χ2v) is 5.68. The molecule has 0 aliphatic heterocycles. The lowest BCUT2D eigenvalue weighted by Crippen LogP contribution is -2.16. The molecule has 2 rings (SSSR count). The molecule has 1 amide bonds. The zero-order valence-electron chi connectivity index (χ0n) is 14.0. The molecule has 0 saturated carbocycles. The fourth-order valence-electron chi connectivity index (χ4n) is 2.21. The summed E-state index contributed by atoms with van der Waals surface area (Å²) < 4.78 is 23.0. The van der Waals surface area contributed by atoms with Crippen LogP contribution < -0.4 is 5.32 Å². The molecule has 0 fully saturated rings. The first-order valence-electron chi connectivity index (χ1n) is 7.39. The molecule has 0 aliphatic rings. The number of anilines is 1. The van der Waals surface area contributed by atoms with E-state index in [0.29, 0.717) is 0 Å². The molecule has 2 aromatic rings. The van der Waals surface area contributed by atoms with Crippen molar-refractivity contribution in [2.75, 3.05) is 19.5 Å². The van der Waals surface area contributed by atoms with Crippen molar-refractivity contribution in [1.82, 2.24) is 0 Å². The molecule has 136 valence electrons. The molecule has 0 aromatic heterocycles. The van der Waals surface area contributed by atoms with Crippen molar-refractivity contribution in [3.8, 4) is 0 Å². The van der Waals surface area contributed by atoms with Crippen LogP contribution in [0.4, 0.5) is 10.1 Å². The minimum Gasteiger partial charge on any atom is -0.465 e. The highest BCUT2D eigenvalue weighted by Gasteiger charge is 2.16. The number of hydrogen-bond donors (Lipinski definition) is 1. The van der Waals surface area contributed by atoms with E-state index >= 15 is 0 Å². The van der Waals surface area contributed by atoms with E-state index in [0.717, 1.165) is 6.07 Å². The van der Waals surface area contributed by atoms with Gasteiger partial charge >= 0.3 is 11.9 Å². The van der Waals surface area contributed by atoms with Gasteiger partial charge in [-0.3, -0.25) is 4.79 Å². The zero-order chi connectivity index (χ0) is 19.3. The SMILES string of the molecule is COC(=O)c1cc(NC(=O)Cc2ccc(Cl)cc2F)cc(C(=O)OC)c1. The van der Waals surface area contributed by atoms with Gasteiger partial charge in [0.2, 0.25) is 5.91 Å². The monoisotopic (exact) mass is 379 g/mol. The Bertz CT molecular complexity index is 834. The number of esters is 2. The molecular formula is C18H15ClFNO5. The molecule has 1 N–H and O–H groups in total. The van der Waals surface area contributed by atoms with Gasteiger partial charge in [-0.25, -0.2) is 14.0 Å². The Morgan fingerprint density at radius 2 is 1.58 bits per heavy atom. The topological polar surface area (TPSA) is 81.7 Å². The van der Waals surface area contributed by atoms with Crippen molar-refractivity contribution in [3.63, 3.8) is 0 Å². The Morgan fingerprint density at radius 1 is 1.00 bits per heavy atom. The van der Waals surface area contributed by atoms with Crippen LogP contribution in [0.15, 0.2) is 36.4 Å². The van der Waals surface area contributed by atoms with Gasteiger partial charge in [0.25, 0.3) is 0 Å². The highest BCUT2D eigenvalue weighted by Crippen LogP contribution is 2.19. The number of methoxy groups -OCH3 is 2. The minimum absolute atomic E-state index is 0.0587. The number of halogens is 2. The van der Waals surface area contributed by atoms with E-state index in [9.17, 15) is 18.8 Å². The summed E-state index contributed by atoms with van der Waals surface area (Å²) in [6, 6.07) is 7.95. The Labute approximate surface area is 153 Å². The van der Waals surface area contributed by atoms with E-state index in [-0.39, 0.29) is 33.8 Å². The van der Waals surface area contributed by atoms with Crippen LogP contribution in [0.25, 0.3) is 0 Å². The normalized spacial score (nSPS) is 10.2. The first kappa shape index (κ1) is 19.4. The molecule has 0 saturated heterocycles. The number of benzene rings is 2. The van der Waals surface area contributed by atoms with Crippen LogP contribution >= 0.6 is 11.6 Å². The van der Waals surface area contributed by atoms with E-state index < -0.39 is 23.7 Å². The average Bonchev–Trinajstić information content (AvgIpc) is 2.62. The lowest BCUT2D eigenvalue weighted by atomic mass is 10.1. The second kappa shape index (κ2) is 8.44. The molecule has 0 aliphatic carbocycles. The first-order valence-corrected chi connectivity index (χ1v) is 7.77. The fourth-order valence-corrected chi connectivity index (χ4v) is 2.37. The van der Waals surface area contributed by atoms with Crippen LogP contribution in [0.2, 0.25) is 5.02 Å². The van der Waals surface area contributed by atoms with Crippen molar-refractivity contribution in [2.24, 2.45) is 0 Å². The van der Waals surface area contributed by atoms with Gasteiger partial charge in [-0.05, 0) is 35.9 Å². The van der Waals surface area contributed by atoms with Gasteiger partial charge in [0.05, 0.1) is 31.8 Å². The van der Waals surface area contributed by atoms with Crippen molar-refractivity contribution in [1.29, 1.82) is 0 Å². The summed E-state index contributed by atoms with van der Waals surface area (Å²) in [5.74, 6) is -2.51. The van der Waals surface area contributed by atoms with Crippen LogP contribution in [0.1, 0.15) is 26.3 Å². The standard InChI is InChI=1S/C18H15ClFNO5/c1-25-17(23)11-5-12(18(24)26-2)7-14(6-11)21-16(22)8-10-3-4-13(19)9-15(10)20/h3-7,9H,8H2,1-2H3,(H,21,22). The smallest absolute Gasteiger partial charge is 0.337 e. The molecule has 2 aromatic carbocycles. The average molecular weight is 380 g/mol. The summed E-state index contributed by atoms with van der Waals surface area (Å²) in [5.41, 5.74) is 0.448. The third-order valence-electron chi connectivity index (χ3n) is 3.43. The summed E-state index contributed by atoms with van der Waals surface area (Å²) >= 11 is 5.68. The van der Waals surface area contributed by atoms with Crippen molar-refractivity contribution in [2.45, 2.75) is 6.42 Å². The van der Waals surface area contributed by atoms with Crippen LogP contribution in [0, 0.1) is 5.82 Å². The number of carbonyl (C=O) groups is 3. The zero-order valence-corrected chi connectivity index (χ0v) is 14.7. The van der Waals surface area contributed by atoms with Gasteiger partial charge in [-0.2, -0.15) is 0 Å². The lowest BCUT2D eigenvalue weighted by Gasteiger charge is -2.10. The van der Waals surface area contributed by atoms with Crippen LogP contribution in [0.3, 0.4) is 0 Å². The Morgan fingerprint density at radius 3 is 2.08 bits per heavy atom. The summed E-state index contributed by atoms with van der Waals surface area (Å²) in [7, 11) is 2.38. The van der Waals surface area contributed by atoms with Gasteiger partial charge < -0.3 is 14.8 Å². The summed E-state index contributed by atoms with van der Waals surface area (Å²) in [6.07, 6.45) is -0.251. The molecule has 8 heteroatoms. The van der Waals surface area contributed by atoms with Gasteiger partial charge in [-0.1, -0.05) is 17.7 Å². The van der Waals surface area contributed by atoms with E-state index in [1.54, 1.807) is 0 Å². The number of rotatable bonds is 5. The second-order valence-electron chi connectivity index (χ2n) is 5.24. The van der Waals surface area contributed by atoms with Crippen molar-refractivity contribution >= 4 is 35.1 Å². The Kier molecular flexibility index (Phi) is 6.30. The van der Waals surface area contributed by atoms with Gasteiger partial charge in [0, 0.05) is 10.7 Å².